The molecule has 1 N–H and O–H groups in total. The Bertz CT molecular complexity index is 1490. The number of hydrogen-bond donors (Lipinski definition) is 1. The van der Waals surface area contributed by atoms with Gasteiger partial charge in [0.1, 0.15) is 0 Å². The Morgan fingerprint density at radius 1 is 0.514 bits per heavy atom. The summed E-state index contributed by atoms with van der Waals surface area (Å²) in [6.45, 7) is 0. The Morgan fingerprint density at radius 3 is 1.40 bits per heavy atom. The van der Waals surface area contributed by atoms with Gasteiger partial charge in [-0.15, -0.1) is 0 Å². The first-order chi connectivity index (χ1) is 17.1. The molecule has 2 heteroatoms. The van der Waals surface area contributed by atoms with Crippen LogP contribution in [0.2, 0.25) is 0 Å². The van der Waals surface area contributed by atoms with Crippen molar-refractivity contribution in [2.45, 2.75) is 23.4 Å². The molecule has 13 rings (SSSR count). The van der Waals surface area contributed by atoms with Crippen LogP contribution in [0.5, 0.6) is 0 Å². The standard InChI is InChI=1S/C33H24O2/c34-32-30-26-15-7-22(8-16-26)2-1-21-5-13-25(14-6-21)29(30)31-27-17-9-23(10-18-27)3-4-24-11-19-28(20-12-24)33(31,32)35/h1-20,29-31,35H/b2-1-,4-3-. The maximum atomic E-state index is 14.4. The van der Waals surface area contributed by atoms with E-state index in [0.717, 1.165) is 38.9 Å². The SMILES string of the molecule is O=C1C2c3ccc(cc3)/C=C\c3ccc(cc3)C2C2c3ccc(cc3)/C=C\c3ccc(cc3)C12O. The lowest BCUT2D eigenvalue weighted by Gasteiger charge is -2.33. The fourth-order valence-electron chi connectivity index (χ4n) is 6.21. The monoisotopic (exact) mass is 452 g/mol. The highest BCUT2D eigenvalue weighted by Crippen LogP contribution is 2.60. The van der Waals surface area contributed by atoms with E-state index >= 15 is 0 Å². The van der Waals surface area contributed by atoms with E-state index in [1.807, 2.05) is 24.3 Å². The summed E-state index contributed by atoms with van der Waals surface area (Å²) < 4.78 is 0. The van der Waals surface area contributed by atoms with E-state index in [2.05, 4.69) is 97.1 Å². The Balaban J connectivity index is 1.55. The third kappa shape index (κ3) is 3.03. The van der Waals surface area contributed by atoms with E-state index in [4.69, 9.17) is 0 Å². The maximum absolute atomic E-state index is 14.4. The molecular formula is C33H24O2. The van der Waals surface area contributed by atoms with Crippen molar-refractivity contribution in [3.63, 3.8) is 0 Å². The minimum Gasteiger partial charge on any atom is -0.377 e. The first-order valence-electron chi connectivity index (χ1n) is 12.1. The van der Waals surface area contributed by atoms with E-state index in [0.29, 0.717) is 5.56 Å². The third-order valence-corrected chi connectivity index (χ3v) is 8.03. The predicted molar refractivity (Wildman–Crippen MR) is 141 cm³/mol. The van der Waals surface area contributed by atoms with E-state index in [1.165, 1.54) is 0 Å². The molecule has 0 radical (unpaired) electrons. The molecule has 0 aromatic heterocycles. The van der Waals surface area contributed by atoms with Crippen molar-refractivity contribution < 1.29 is 9.90 Å². The largest absolute Gasteiger partial charge is 0.377 e. The zero-order chi connectivity index (χ0) is 23.6. The van der Waals surface area contributed by atoms with Crippen LogP contribution in [0.4, 0.5) is 0 Å². The number of hydrogen-bond acceptors (Lipinski definition) is 2. The molecule has 0 spiro atoms. The zero-order valence-electron chi connectivity index (χ0n) is 19.1. The summed E-state index contributed by atoms with van der Waals surface area (Å²) in [7, 11) is 0. The molecule has 2 nitrogen and oxygen atoms in total. The third-order valence-electron chi connectivity index (χ3n) is 8.03. The minimum absolute atomic E-state index is 0.138. The zero-order valence-corrected chi connectivity index (χ0v) is 19.1. The van der Waals surface area contributed by atoms with E-state index < -0.39 is 17.4 Å². The number of aliphatic hydroxyl groups is 1. The van der Waals surface area contributed by atoms with Gasteiger partial charge >= 0.3 is 0 Å². The molecule has 9 aliphatic carbocycles. The van der Waals surface area contributed by atoms with Gasteiger partial charge in [-0.25, -0.2) is 0 Å². The van der Waals surface area contributed by atoms with Crippen molar-refractivity contribution in [2.75, 3.05) is 0 Å². The number of benzene rings is 4. The molecule has 0 amide bonds. The second-order valence-corrected chi connectivity index (χ2v) is 9.90. The van der Waals surface area contributed by atoms with E-state index in [9.17, 15) is 9.90 Å². The molecule has 0 saturated heterocycles. The van der Waals surface area contributed by atoms with Crippen molar-refractivity contribution in [3.05, 3.63) is 142 Å². The van der Waals surface area contributed by atoms with Crippen LogP contribution < -0.4 is 0 Å². The highest BCUT2D eigenvalue weighted by molar-refractivity contribution is 5.99. The van der Waals surface area contributed by atoms with Gasteiger partial charge in [0.25, 0.3) is 0 Å². The van der Waals surface area contributed by atoms with Gasteiger partial charge in [-0.05, 0) is 44.5 Å². The van der Waals surface area contributed by atoms with Gasteiger partial charge in [-0.3, -0.25) is 4.79 Å². The molecule has 1 saturated carbocycles. The minimum atomic E-state index is -1.64. The van der Waals surface area contributed by atoms with Crippen molar-refractivity contribution in [3.8, 4) is 0 Å². The molecule has 35 heavy (non-hydrogen) atoms. The summed E-state index contributed by atoms with van der Waals surface area (Å²) in [5.41, 5.74) is 6.32. The average molecular weight is 453 g/mol. The molecule has 8 bridgehead atoms. The van der Waals surface area contributed by atoms with Crippen molar-refractivity contribution in [1.82, 2.24) is 0 Å². The summed E-state index contributed by atoms with van der Waals surface area (Å²) in [5, 5.41) is 12.5. The Hall–Kier alpha value is -4.01. The van der Waals surface area contributed by atoms with Crippen molar-refractivity contribution in [1.29, 1.82) is 0 Å². The van der Waals surface area contributed by atoms with Gasteiger partial charge in [-0.2, -0.15) is 0 Å². The van der Waals surface area contributed by atoms with Gasteiger partial charge in [0.2, 0.25) is 0 Å². The molecule has 168 valence electrons. The van der Waals surface area contributed by atoms with Gasteiger partial charge in [0, 0.05) is 11.8 Å². The number of rotatable bonds is 0. The predicted octanol–water partition coefficient (Wildman–Crippen LogP) is 6.78. The van der Waals surface area contributed by atoms with Crippen molar-refractivity contribution in [2.24, 2.45) is 0 Å². The second-order valence-electron chi connectivity index (χ2n) is 9.90. The topological polar surface area (TPSA) is 37.3 Å². The molecule has 4 unspecified atom stereocenters. The van der Waals surface area contributed by atoms with Crippen LogP contribution in [-0.2, 0) is 10.4 Å². The van der Waals surface area contributed by atoms with Gasteiger partial charge < -0.3 is 5.11 Å². The summed E-state index contributed by atoms with van der Waals surface area (Å²) in [6.07, 6.45) is 8.35. The number of carbonyl (C=O) groups excluding carboxylic acids is 1. The molecule has 0 heterocycles. The van der Waals surface area contributed by atoms with Crippen LogP contribution in [-0.4, -0.2) is 10.9 Å². The van der Waals surface area contributed by atoms with Gasteiger partial charge in [0.15, 0.2) is 11.4 Å². The summed E-state index contributed by atoms with van der Waals surface area (Å²) in [5.74, 6) is -1.23. The molecule has 4 aromatic carbocycles. The fourth-order valence-corrected chi connectivity index (χ4v) is 6.21. The summed E-state index contributed by atoms with van der Waals surface area (Å²) in [4.78, 5) is 14.4. The summed E-state index contributed by atoms with van der Waals surface area (Å²) in [6, 6.07) is 32.8. The molecular weight excluding hydrogens is 428 g/mol. The molecule has 4 aromatic rings. The van der Waals surface area contributed by atoms with E-state index in [1.54, 1.807) is 0 Å². The van der Waals surface area contributed by atoms with Crippen LogP contribution in [0.3, 0.4) is 0 Å². The average Bonchev–Trinajstić information content (AvgIpc) is 3.13. The van der Waals surface area contributed by atoms with Crippen molar-refractivity contribution >= 4 is 30.1 Å². The smallest absolute Gasteiger partial charge is 0.177 e. The lowest BCUT2D eigenvalue weighted by atomic mass is 9.73. The van der Waals surface area contributed by atoms with Crippen LogP contribution in [0.25, 0.3) is 24.3 Å². The number of carbonyl (C=O) groups is 1. The highest BCUT2D eigenvalue weighted by Gasteiger charge is 2.61. The normalized spacial score (nSPS) is 27.3. The summed E-state index contributed by atoms with van der Waals surface area (Å²) >= 11 is 0. The second kappa shape index (κ2) is 7.49. The van der Waals surface area contributed by atoms with Crippen LogP contribution >= 0.6 is 0 Å². The fraction of sp³-hybridized carbons (Fsp3) is 0.121. The molecule has 9 aliphatic rings. The van der Waals surface area contributed by atoms with Crippen LogP contribution in [0.1, 0.15) is 62.3 Å². The first kappa shape index (κ1) is 20.4. The first-order valence-corrected chi connectivity index (χ1v) is 12.1. The van der Waals surface area contributed by atoms with Gasteiger partial charge in [0.05, 0.1) is 5.92 Å². The molecule has 1 fully saturated rings. The quantitative estimate of drug-likeness (QED) is 0.319. The molecule has 4 atom stereocenters. The number of ketones is 1. The van der Waals surface area contributed by atoms with E-state index in [-0.39, 0.29) is 11.7 Å². The Labute approximate surface area is 204 Å². The van der Waals surface area contributed by atoms with Crippen LogP contribution in [0, 0.1) is 0 Å². The lowest BCUT2D eigenvalue weighted by Crippen LogP contribution is -2.37. The Morgan fingerprint density at radius 2 is 0.914 bits per heavy atom. The lowest BCUT2D eigenvalue weighted by molar-refractivity contribution is -0.136. The Kier molecular flexibility index (Phi) is 4.36. The maximum Gasteiger partial charge on any atom is 0.177 e. The molecule has 0 aliphatic heterocycles. The number of Topliss-reactive ketones (excluding diaryl/α,β-unsaturated/α-hetero) is 1. The van der Waals surface area contributed by atoms with Crippen LogP contribution in [0.15, 0.2) is 97.1 Å². The van der Waals surface area contributed by atoms with Gasteiger partial charge in [-0.1, -0.05) is 121 Å². The highest BCUT2D eigenvalue weighted by atomic mass is 16.3.